The van der Waals surface area contributed by atoms with Gasteiger partial charge in [-0.05, 0) is 36.5 Å². The van der Waals surface area contributed by atoms with Crippen molar-refractivity contribution in [2.75, 3.05) is 19.8 Å². The molecule has 0 heterocycles. The number of nitrogens with one attached hydrogen (secondary N) is 1. The van der Waals surface area contributed by atoms with Crippen LogP contribution in [-0.2, 0) is 33.7 Å². The van der Waals surface area contributed by atoms with Gasteiger partial charge in [0.25, 0.3) is 0 Å². The predicted molar refractivity (Wildman–Crippen MR) is 140 cm³/mol. The molecule has 2 amide bonds. The number of amides is 2. The third-order valence-electron chi connectivity index (χ3n) is 5.91. The summed E-state index contributed by atoms with van der Waals surface area (Å²) in [6.45, 7) is 4.12. The van der Waals surface area contributed by atoms with E-state index in [1.807, 2.05) is 97.9 Å². The summed E-state index contributed by atoms with van der Waals surface area (Å²) in [5, 5.41) is 3.04. The van der Waals surface area contributed by atoms with E-state index in [1.165, 1.54) is 0 Å². The van der Waals surface area contributed by atoms with Gasteiger partial charge in [-0.1, -0.05) is 91.0 Å². The van der Waals surface area contributed by atoms with Gasteiger partial charge in [-0.25, -0.2) is 0 Å². The molecule has 0 saturated heterocycles. The molecule has 0 bridgehead atoms. The number of carbonyl (C=O) groups excluding carboxylic acids is 2. The van der Waals surface area contributed by atoms with Crippen molar-refractivity contribution in [3.8, 4) is 0 Å². The Kier molecular flexibility index (Phi) is 11.0. The summed E-state index contributed by atoms with van der Waals surface area (Å²) < 4.78 is 5.39. The van der Waals surface area contributed by atoms with Gasteiger partial charge in [-0.2, -0.15) is 0 Å². The highest BCUT2D eigenvalue weighted by Gasteiger charge is 2.30. The van der Waals surface area contributed by atoms with Crippen LogP contribution in [0.1, 0.15) is 36.5 Å². The van der Waals surface area contributed by atoms with E-state index in [9.17, 15) is 9.59 Å². The Labute approximate surface area is 209 Å². The van der Waals surface area contributed by atoms with Gasteiger partial charge in [0.05, 0.1) is 0 Å². The van der Waals surface area contributed by atoms with Gasteiger partial charge in [0, 0.05) is 39.1 Å². The number of ether oxygens (including phenoxy) is 1. The fraction of sp³-hybridized carbons (Fsp3) is 0.333. The van der Waals surface area contributed by atoms with Crippen LogP contribution in [0.3, 0.4) is 0 Å². The molecule has 184 valence electrons. The second-order valence-electron chi connectivity index (χ2n) is 8.54. The number of carbonyl (C=O) groups is 2. The predicted octanol–water partition coefficient (Wildman–Crippen LogP) is 4.80. The lowest BCUT2D eigenvalue weighted by atomic mass is 10.0. The lowest BCUT2D eigenvalue weighted by Crippen LogP contribution is -2.50. The standard InChI is InChI=1S/C30H36N2O3/c1-2-35-22-12-21-31-30(34)28(23-26-15-8-4-9-16-26)32(24-27-17-10-5-11-18-27)29(33)20-19-25-13-6-3-7-14-25/h3-11,13-18,28H,2,12,19-24H2,1H3,(H,31,34)/t28-/m1/s1. The lowest BCUT2D eigenvalue weighted by molar-refractivity contribution is -0.141. The highest BCUT2D eigenvalue weighted by Crippen LogP contribution is 2.17. The molecule has 5 heteroatoms. The molecule has 0 unspecified atom stereocenters. The van der Waals surface area contributed by atoms with Gasteiger partial charge in [0.15, 0.2) is 0 Å². The summed E-state index contributed by atoms with van der Waals surface area (Å²) in [5.74, 6) is -0.155. The van der Waals surface area contributed by atoms with Crippen molar-refractivity contribution in [3.63, 3.8) is 0 Å². The Bertz CT molecular complexity index is 1010. The molecule has 0 saturated carbocycles. The minimum Gasteiger partial charge on any atom is -0.382 e. The van der Waals surface area contributed by atoms with Gasteiger partial charge < -0.3 is 15.0 Å². The van der Waals surface area contributed by atoms with Crippen LogP contribution in [0.4, 0.5) is 0 Å². The van der Waals surface area contributed by atoms with E-state index >= 15 is 0 Å². The normalized spacial score (nSPS) is 11.6. The summed E-state index contributed by atoms with van der Waals surface area (Å²) in [4.78, 5) is 28.8. The number of aryl methyl sites for hydroxylation is 1. The fourth-order valence-electron chi connectivity index (χ4n) is 4.02. The van der Waals surface area contributed by atoms with Crippen LogP contribution < -0.4 is 5.32 Å². The number of hydrogen-bond acceptors (Lipinski definition) is 3. The van der Waals surface area contributed by atoms with Crippen LogP contribution in [0.25, 0.3) is 0 Å². The third kappa shape index (κ3) is 9.02. The Morgan fingerprint density at radius 1 is 0.829 bits per heavy atom. The van der Waals surface area contributed by atoms with Gasteiger partial charge in [0.2, 0.25) is 11.8 Å². The maximum atomic E-state index is 13.6. The molecule has 5 nitrogen and oxygen atoms in total. The molecule has 35 heavy (non-hydrogen) atoms. The number of nitrogens with zero attached hydrogens (tertiary/aromatic N) is 1. The van der Waals surface area contributed by atoms with Crippen molar-refractivity contribution >= 4 is 11.8 Å². The molecule has 3 aromatic rings. The van der Waals surface area contributed by atoms with E-state index in [0.717, 1.165) is 23.1 Å². The van der Waals surface area contributed by atoms with E-state index < -0.39 is 6.04 Å². The summed E-state index contributed by atoms with van der Waals surface area (Å²) in [6.07, 6.45) is 2.18. The van der Waals surface area contributed by atoms with E-state index in [0.29, 0.717) is 45.6 Å². The number of hydrogen-bond donors (Lipinski definition) is 1. The van der Waals surface area contributed by atoms with Crippen LogP contribution in [0.2, 0.25) is 0 Å². The van der Waals surface area contributed by atoms with Crippen LogP contribution in [-0.4, -0.2) is 42.5 Å². The highest BCUT2D eigenvalue weighted by atomic mass is 16.5. The van der Waals surface area contributed by atoms with Crippen molar-refractivity contribution < 1.29 is 14.3 Å². The fourth-order valence-corrected chi connectivity index (χ4v) is 4.02. The average Bonchev–Trinajstić information content (AvgIpc) is 2.91. The van der Waals surface area contributed by atoms with E-state index in [2.05, 4.69) is 5.32 Å². The van der Waals surface area contributed by atoms with Crippen molar-refractivity contribution in [1.29, 1.82) is 0 Å². The third-order valence-corrected chi connectivity index (χ3v) is 5.91. The molecule has 1 N–H and O–H groups in total. The molecule has 0 fully saturated rings. The maximum absolute atomic E-state index is 13.6. The first-order valence-corrected chi connectivity index (χ1v) is 12.4. The van der Waals surface area contributed by atoms with Crippen LogP contribution in [0, 0.1) is 0 Å². The highest BCUT2D eigenvalue weighted by molar-refractivity contribution is 5.88. The van der Waals surface area contributed by atoms with Gasteiger partial charge in [0.1, 0.15) is 6.04 Å². The molecule has 0 aliphatic heterocycles. The molecular formula is C30H36N2O3. The zero-order chi connectivity index (χ0) is 24.7. The molecule has 1 atom stereocenters. The molecule has 0 aliphatic carbocycles. The molecule has 0 aliphatic rings. The smallest absolute Gasteiger partial charge is 0.243 e. The van der Waals surface area contributed by atoms with E-state index in [4.69, 9.17) is 4.74 Å². The van der Waals surface area contributed by atoms with E-state index in [-0.39, 0.29) is 11.8 Å². The zero-order valence-corrected chi connectivity index (χ0v) is 20.6. The quantitative estimate of drug-likeness (QED) is 0.343. The summed E-state index contributed by atoms with van der Waals surface area (Å²) >= 11 is 0. The summed E-state index contributed by atoms with van der Waals surface area (Å²) in [7, 11) is 0. The van der Waals surface area contributed by atoms with Crippen molar-refractivity contribution in [2.24, 2.45) is 0 Å². The molecule has 3 rings (SSSR count). The first-order valence-electron chi connectivity index (χ1n) is 12.4. The second-order valence-corrected chi connectivity index (χ2v) is 8.54. The molecule has 3 aromatic carbocycles. The van der Waals surface area contributed by atoms with Crippen LogP contribution in [0.15, 0.2) is 91.0 Å². The van der Waals surface area contributed by atoms with Crippen molar-refractivity contribution in [3.05, 3.63) is 108 Å². The molecule has 0 spiro atoms. The number of benzene rings is 3. The maximum Gasteiger partial charge on any atom is 0.243 e. The first-order chi connectivity index (χ1) is 17.2. The Balaban J connectivity index is 1.81. The molecule has 0 radical (unpaired) electrons. The first kappa shape index (κ1) is 26.2. The minimum absolute atomic E-state index is 0.0249. The summed E-state index contributed by atoms with van der Waals surface area (Å²) in [5.41, 5.74) is 3.14. The van der Waals surface area contributed by atoms with Crippen molar-refractivity contribution in [1.82, 2.24) is 10.2 Å². The van der Waals surface area contributed by atoms with Crippen molar-refractivity contribution in [2.45, 2.75) is 45.2 Å². The topological polar surface area (TPSA) is 58.6 Å². The Morgan fingerprint density at radius 2 is 1.40 bits per heavy atom. The Hall–Kier alpha value is -3.44. The lowest BCUT2D eigenvalue weighted by Gasteiger charge is -2.31. The minimum atomic E-state index is -0.604. The van der Waals surface area contributed by atoms with E-state index in [1.54, 1.807) is 4.90 Å². The van der Waals surface area contributed by atoms with Crippen LogP contribution >= 0.6 is 0 Å². The van der Waals surface area contributed by atoms with Gasteiger partial charge >= 0.3 is 0 Å². The monoisotopic (exact) mass is 472 g/mol. The average molecular weight is 473 g/mol. The number of rotatable bonds is 14. The SMILES string of the molecule is CCOCCCNC(=O)[C@@H](Cc1ccccc1)N(Cc1ccccc1)C(=O)CCc1ccccc1. The molecular weight excluding hydrogens is 436 g/mol. The van der Waals surface area contributed by atoms with Gasteiger partial charge in [-0.3, -0.25) is 9.59 Å². The summed E-state index contributed by atoms with van der Waals surface area (Å²) in [6, 6.07) is 29.2. The zero-order valence-electron chi connectivity index (χ0n) is 20.6. The Morgan fingerprint density at radius 3 is 2.00 bits per heavy atom. The van der Waals surface area contributed by atoms with Gasteiger partial charge in [-0.15, -0.1) is 0 Å². The largest absolute Gasteiger partial charge is 0.382 e. The molecule has 0 aromatic heterocycles. The van der Waals surface area contributed by atoms with Crippen LogP contribution in [0.5, 0.6) is 0 Å². The second kappa shape index (κ2) is 14.7.